The van der Waals surface area contributed by atoms with Crippen molar-refractivity contribution in [3.63, 3.8) is 0 Å². The summed E-state index contributed by atoms with van der Waals surface area (Å²) in [5, 5.41) is 20.8. The van der Waals surface area contributed by atoms with E-state index in [0.29, 0.717) is 42.4 Å². The van der Waals surface area contributed by atoms with Gasteiger partial charge in [-0.1, -0.05) is 32.8 Å². The third kappa shape index (κ3) is 11.3. The van der Waals surface area contributed by atoms with Gasteiger partial charge in [-0.2, -0.15) is 0 Å². The second-order valence-electron chi connectivity index (χ2n) is 12.6. The number of rotatable bonds is 15. The minimum absolute atomic E-state index is 0. The summed E-state index contributed by atoms with van der Waals surface area (Å²) in [5.74, 6) is -1.57. The number of benzene rings is 2. The number of carbonyl (C=O) groups excluding carboxylic acids is 1. The van der Waals surface area contributed by atoms with Crippen LogP contribution >= 0.6 is 23.2 Å². The molecule has 0 aromatic heterocycles. The van der Waals surface area contributed by atoms with Crippen LogP contribution in [0.15, 0.2) is 36.4 Å². The number of β-amino-alcohol motifs (C(OH)–C–C–N with tert-alkyl or cyclic N) is 1. The van der Waals surface area contributed by atoms with Crippen LogP contribution in [0.4, 0.5) is 20.2 Å². The first kappa shape index (κ1) is 38.0. The van der Waals surface area contributed by atoms with E-state index in [1.165, 1.54) is 6.07 Å². The first-order valence-electron chi connectivity index (χ1n) is 15.3. The minimum Gasteiger partial charge on any atom is -0.390 e. The lowest BCUT2D eigenvalue weighted by atomic mass is 9.93. The van der Waals surface area contributed by atoms with E-state index in [4.69, 9.17) is 0 Å². The SMILES string of the molecule is CCNc1cc(C(=O)N[C@@H](Cc2ccc(F)c(F)c2)[C@H](O)CNC(C)(C)CCCC(C)C)cc(N2CCCCS2(O)O)c1.Cl. The van der Waals surface area contributed by atoms with E-state index < -0.39 is 40.5 Å². The smallest absolute Gasteiger partial charge is 0.251 e. The molecule has 44 heavy (non-hydrogen) atoms. The highest BCUT2D eigenvalue weighted by atomic mass is 35.5. The summed E-state index contributed by atoms with van der Waals surface area (Å²) < 4.78 is 50.7. The predicted molar refractivity (Wildman–Crippen MR) is 180 cm³/mol. The molecule has 12 heteroatoms. The molecule has 0 radical (unpaired) electrons. The number of carbonyl (C=O) groups is 1. The van der Waals surface area contributed by atoms with Gasteiger partial charge in [0.1, 0.15) is 0 Å². The molecular formula is C32H51ClF2N4O4S. The molecule has 0 bridgehead atoms. The van der Waals surface area contributed by atoms with Crippen LogP contribution < -0.4 is 20.3 Å². The number of hydrogen-bond donors (Lipinski definition) is 6. The van der Waals surface area contributed by atoms with Crippen LogP contribution in [0.5, 0.6) is 0 Å². The summed E-state index contributed by atoms with van der Waals surface area (Å²) in [4.78, 5) is 13.7. The number of nitrogens with one attached hydrogen (secondary N) is 3. The highest BCUT2D eigenvalue weighted by Gasteiger charge is 2.29. The lowest BCUT2D eigenvalue weighted by Crippen LogP contribution is -2.52. The Hall–Kier alpha value is -2.15. The number of aliphatic hydroxyl groups is 1. The molecule has 6 N–H and O–H groups in total. The van der Waals surface area contributed by atoms with E-state index in [-0.39, 0.29) is 42.2 Å². The molecule has 0 aliphatic carbocycles. The molecule has 2 atom stereocenters. The average molecular weight is 661 g/mol. The molecule has 8 nitrogen and oxygen atoms in total. The summed E-state index contributed by atoms with van der Waals surface area (Å²) in [6, 6.07) is 7.82. The fraction of sp³-hybridized carbons (Fsp3) is 0.594. The standard InChI is InChI=1S/C32H50F2N4O4S.ClH/c1-6-35-25-18-24(19-26(20-25)38-14-7-8-15-43(38,41)42)31(40)37-29(17-23-11-12-27(33)28(34)16-23)30(39)21-36-32(4,5)13-9-10-22(2)3;/h11-12,16,18-20,22,29-30,35-36,39,41-42H,6-10,13-15,17,21H2,1-5H3,(H,37,40);1H/t29-,30+;/m0./s1. The maximum absolute atomic E-state index is 14.1. The fourth-order valence-corrected chi connectivity index (χ4v) is 6.99. The van der Waals surface area contributed by atoms with E-state index in [1.54, 1.807) is 22.5 Å². The summed E-state index contributed by atoms with van der Waals surface area (Å²) in [7, 11) is -3.01. The van der Waals surface area contributed by atoms with Gasteiger partial charge in [0.25, 0.3) is 5.91 Å². The highest BCUT2D eigenvalue weighted by molar-refractivity contribution is 8.25. The van der Waals surface area contributed by atoms with E-state index >= 15 is 0 Å². The number of nitrogens with zero attached hydrogens (tertiary/aromatic N) is 1. The summed E-state index contributed by atoms with van der Waals surface area (Å²) >= 11 is 0. The van der Waals surface area contributed by atoms with Gasteiger partial charge in [-0.15, -0.1) is 23.2 Å². The maximum Gasteiger partial charge on any atom is 0.251 e. The Morgan fingerprint density at radius 1 is 1.09 bits per heavy atom. The molecule has 0 unspecified atom stereocenters. The maximum atomic E-state index is 14.1. The zero-order valence-corrected chi connectivity index (χ0v) is 28.2. The third-order valence-corrected chi connectivity index (χ3v) is 9.76. The minimum atomic E-state index is -3.01. The number of halogens is 3. The van der Waals surface area contributed by atoms with Crippen molar-refractivity contribution in [2.24, 2.45) is 5.92 Å². The van der Waals surface area contributed by atoms with Crippen molar-refractivity contribution in [2.45, 2.75) is 90.8 Å². The van der Waals surface area contributed by atoms with Crippen molar-refractivity contribution in [3.05, 3.63) is 59.2 Å². The Morgan fingerprint density at radius 2 is 1.82 bits per heavy atom. The van der Waals surface area contributed by atoms with Crippen LogP contribution in [0.1, 0.15) is 82.6 Å². The van der Waals surface area contributed by atoms with Crippen molar-refractivity contribution >= 4 is 40.5 Å². The van der Waals surface area contributed by atoms with Crippen molar-refractivity contribution < 1.29 is 27.8 Å². The second-order valence-corrected chi connectivity index (χ2v) is 14.7. The highest BCUT2D eigenvalue weighted by Crippen LogP contribution is 2.50. The summed E-state index contributed by atoms with van der Waals surface area (Å²) in [6.45, 7) is 11.7. The van der Waals surface area contributed by atoms with Gasteiger partial charge < -0.3 is 21.1 Å². The molecule has 1 aliphatic rings. The van der Waals surface area contributed by atoms with Gasteiger partial charge in [0.05, 0.1) is 23.6 Å². The summed E-state index contributed by atoms with van der Waals surface area (Å²) in [5.41, 5.74) is 1.63. The zero-order valence-electron chi connectivity index (χ0n) is 26.5. The van der Waals surface area contributed by atoms with Gasteiger partial charge in [0, 0.05) is 36.4 Å². The van der Waals surface area contributed by atoms with Crippen LogP contribution in [0.2, 0.25) is 0 Å². The molecule has 0 saturated carbocycles. The molecule has 1 fully saturated rings. The normalized spacial score (nSPS) is 17.0. The second kappa shape index (κ2) is 17.0. The van der Waals surface area contributed by atoms with Crippen LogP contribution in [0.3, 0.4) is 0 Å². The molecule has 1 aliphatic heterocycles. The molecule has 0 spiro atoms. The lowest BCUT2D eigenvalue weighted by molar-refractivity contribution is 0.0811. The Kier molecular flexibility index (Phi) is 14.7. The lowest BCUT2D eigenvalue weighted by Gasteiger charge is -2.47. The van der Waals surface area contributed by atoms with Crippen molar-refractivity contribution in [3.8, 4) is 0 Å². The van der Waals surface area contributed by atoms with Gasteiger partial charge in [0.2, 0.25) is 0 Å². The molecule has 1 heterocycles. The number of hydrogen-bond acceptors (Lipinski definition) is 7. The van der Waals surface area contributed by atoms with Crippen molar-refractivity contribution in [1.82, 2.24) is 10.6 Å². The van der Waals surface area contributed by atoms with Crippen LogP contribution in [0, 0.1) is 17.6 Å². The average Bonchev–Trinajstić information content (AvgIpc) is 2.92. The quantitative estimate of drug-likeness (QED) is 0.122. The van der Waals surface area contributed by atoms with Gasteiger partial charge in [0.15, 0.2) is 11.6 Å². The zero-order chi connectivity index (χ0) is 31.8. The Morgan fingerprint density at radius 3 is 2.45 bits per heavy atom. The van der Waals surface area contributed by atoms with E-state index in [0.717, 1.165) is 37.8 Å². The van der Waals surface area contributed by atoms with E-state index in [2.05, 4.69) is 43.6 Å². The molecule has 250 valence electrons. The monoisotopic (exact) mass is 660 g/mol. The largest absolute Gasteiger partial charge is 0.390 e. The molecule has 2 aromatic rings. The third-order valence-electron chi connectivity index (χ3n) is 7.82. The van der Waals surface area contributed by atoms with E-state index in [9.17, 15) is 27.8 Å². The van der Waals surface area contributed by atoms with Gasteiger partial charge in [-0.3, -0.25) is 18.2 Å². The molecule has 3 rings (SSSR count). The first-order chi connectivity index (χ1) is 20.2. The van der Waals surface area contributed by atoms with Crippen molar-refractivity contribution in [2.75, 3.05) is 35.0 Å². The number of amides is 1. The predicted octanol–water partition coefficient (Wildman–Crippen LogP) is 6.98. The topological polar surface area (TPSA) is 117 Å². The molecule has 1 saturated heterocycles. The molecule has 1 amide bonds. The van der Waals surface area contributed by atoms with E-state index in [1.807, 2.05) is 6.92 Å². The van der Waals surface area contributed by atoms with Crippen LogP contribution in [-0.2, 0) is 6.42 Å². The van der Waals surface area contributed by atoms with Crippen LogP contribution in [-0.4, -0.2) is 63.2 Å². The fourth-order valence-electron chi connectivity index (χ4n) is 5.32. The van der Waals surface area contributed by atoms with Gasteiger partial charge >= 0.3 is 0 Å². The number of aliphatic hydroxyl groups excluding tert-OH is 1. The first-order valence-corrected chi connectivity index (χ1v) is 17.0. The van der Waals surface area contributed by atoms with Crippen molar-refractivity contribution in [1.29, 1.82) is 0 Å². The Bertz CT molecular complexity index is 1220. The number of anilines is 2. The molecular weight excluding hydrogens is 610 g/mol. The van der Waals surface area contributed by atoms with Gasteiger partial charge in [-0.25, -0.2) is 8.78 Å². The summed E-state index contributed by atoms with van der Waals surface area (Å²) in [6.07, 6.45) is 3.60. The Balaban J connectivity index is 0.00000675. The van der Waals surface area contributed by atoms with Crippen LogP contribution in [0.25, 0.3) is 0 Å². The van der Waals surface area contributed by atoms with Gasteiger partial charge in [-0.05, 0) is 88.3 Å². The Labute approximate surface area is 269 Å². The molecule has 2 aromatic carbocycles.